The number of hydrogen-bond donors (Lipinski definition) is 2. The lowest BCUT2D eigenvalue weighted by atomic mass is 10.1. The van der Waals surface area contributed by atoms with Gasteiger partial charge >= 0.3 is 0 Å². The first-order valence-corrected chi connectivity index (χ1v) is 5.87. The molecule has 0 aliphatic rings. The van der Waals surface area contributed by atoms with Crippen molar-refractivity contribution in [1.29, 1.82) is 0 Å². The normalized spacial score (nSPS) is 11.7. The van der Waals surface area contributed by atoms with Crippen LogP contribution in [-0.2, 0) is 0 Å². The molecule has 0 aliphatic heterocycles. The van der Waals surface area contributed by atoms with E-state index in [0.29, 0.717) is 0 Å². The molecule has 0 amide bonds. The minimum absolute atomic E-state index is 0.0963. The molecule has 13 heavy (non-hydrogen) atoms. The largest absolute Gasteiger partial charge is 0.371 e. The quantitative estimate of drug-likeness (QED) is 0.872. The molecule has 0 saturated carbocycles. The standard InChI is InChI=1S/C9H15BrN2S/c1-9(2,6-11-3)12-8-4-7(10)5-13-8/h4-5,11-12H,6H2,1-3H3. The third-order valence-electron chi connectivity index (χ3n) is 1.65. The molecule has 1 aromatic rings. The minimum atomic E-state index is 0.0963. The molecule has 0 fully saturated rings. The summed E-state index contributed by atoms with van der Waals surface area (Å²) in [6, 6.07) is 2.10. The van der Waals surface area contributed by atoms with Crippen LogP contribution in [0.2, 0.25) is 0 Å². The van der Waals surface area contributed by atoms with Crippen LogP contribution < -0.4 is 10.6 Å². The molecule has 0 bridgehead atoms. The van der Waals surface area contributed by atoms with Crippen molar-refractivity contribution in [3.05, 3.63) is 15.9 Å². The summed E-state index contributed by atoms with van der Waals surface area (Å²) in [4.78, 5) is 0. The third-order valence-corrected chi connectivity index (χ3v) is 3.25. The van der Waals surface area contributed by atoms with E-state index < -0.39 is 0 Å². The summed E-state index contributed by atoms with van der Waals surface area (Å²) in [5.41, 5.74) is 0.0963. The molecule has 74 valence electrons. The van der Waals surface area contributed by atoms with E-state index in [1.165, 1.54) is 5.00 Å². The predicted octanol–water partition coefficient (Wildman–Crippen LogP) is 2.92. The van der Waals surface area contributed by atoms with E-state index in [1.54, 1.807) is 11.3 Å². The Balaban J connectivity index is 2.57. The molecule has 1 aromatic heterocycles. The van der Waals surface area contributed by atoms with Gasteiger partial charge in [-0.25, -0.2) is 0 Å². The first-order valence-electron chi connectivity index (χ1n) is 4.20. The van der Waals surface area contributed by atoms with Crippen molar-refractivity contribution < 1.29 is 0 Å². The average Bonchev–Trinajstić information content (AvgIpc) is 2.34. The Kier molecular flexibility index (Phi) is 3.76. The number of anilines is 1. The lowest BCUT2D eigenvalue weighted by molar-refractivity contribution is 0.532. The number of thiophene rings is 1. The van der Waals surface area contributed by atoms with Crippen LogP contribution in [-0.4, -0.2) is 19.1 Å². The highest BCUT2D eigenvalue weighted by molar-refractivity contribution is 9.10. The van der Waals surface area contributed by atoms with Gasteiger partial charge in [0.05, 0.1) is 5.00 Å². The molecule has 2 nitrogen and oxygen atoms in total. The molecule has 0 aromatic carbocycles. The van der Waals surface area contributed by atoms with Gasteiger partial charge in [0.15, 0.2) is 0 Å². The third kappa shape index (κ3) is 3.67. The van der Waals surface area contributed by atoms with Crippen LogP contribution in [0.25, 0.3) is 0 Å². The predicted molar refractivity (Wildman–Crippen MR) is 63.6 cm³/mol. The molecular formula is C9H15BrN2S. The summed E-state index contributed by atoms with van der Waals surface area (Å²) in [6.45, 7) is 5.30. The highest BCUT2D eigenvalue weighted by atomic mass is 79.9. The van der Waals surface area contributed by atoms with Crippen LogP contribution in [0.4, 0.5) is 5.00 Å². The molecule has 0 saturated heterocycles. The second-order valence-corrected chi connectivity index (χ2v) is 5.50. The summed E-state index contributed by atoms with van der Waals surface area (Å²) >= 11 is 5.15. The van der Waals surface area contributed by atoms with Crippen molar-refractivity contribution >= 4 is 32.3 Å². The van der Waals surface area contributed by atoms with Gasteiger partial charge < -0.3 is 10.6 Å². The molecule has 1 heterocycles. The van der Waals surface area contributed by atoms with Gasteiger partial charge in [-0.3, -0.25) is 0 Å². The first kappa shape index (κ1) is 11.0. The van der Waals surface area contributed by atoms with Gasteiger partial charge in [0, 0.05) is 21.9 Å². The number of likely N-dealkylation sites (N-methyl/N-ethyl adjacent to an activating group) is 1. The highest BCUT2D eigenvalue weighted by Crippen LogP contribution is 2.26. The topological polar surface area (TPSA) is 24.1 Å². The van der Waals surface area contributed by atoms with Crippen LogP contribution >= 0.6 is 27.3 Å². The van der Waals surface area contributed by atoms with Gasteiger partial charge in [0.2, 0.25) is 0 Å². The summed E-state index contributed by atoms with van der Waals surface area (Å²) in [7, 11) is 1.97. The zero-order valence-corrected chi connectivity index (χ0v) is 10.6. The maximum Gasteiger partial charge on any atom is 0.0898 e. The summed E-state index contributed by atoms with van der Waals surface area (Å²) in [6.07, 6.45) is 0. The van der Waals surface area contributed by atoms with Crippen LogP contribution in [0.1, 0.15) is 13.8 Å². The molecular weight excluding hydrogens is 248 g/mol. The van der Waals surface area contributed by atoms with E-state index in [0.717, 1.165) is 11.0 Å². The van der Waals surface area contributed by atoms with Crippen molar-refractivity contribution in [1.82, 2.24) is 5.32 Å². The number of nitrogens with one attached hydrogen (secondary N) is 2. The minimum Gasteiger partial charge on any atom is -0.371 e. The molecule has 0 spiro atoms. The van der Waals surface area contributed by atoms with E-state index in [1.807, 2.05) is 7.05 Å². The van der Waals surface area contributed by atoms with E-state index >= 15 is 0 Å². The Morgan fingerprint density at radius 3 is 2.69 bits per heavy atom. The van der Waals surface area contributed by atoms with Crippen molar-refractivity contribution in [3.63, 3.8) is 0 Å². The van der Waals surface area contributed by atoms with Crippen LogP contribution in [0.5, 0.6) is 0 Å². The second kappa shape index (κ2) is 4.44. The van der Waals surface area contributed by atoms with Crippen molar-refractivity contribution in [2.45, 2.75) is 19.4 Å². The van der Waals surface area contributed by atoms with E-state index in [2.05, 4.69) is 51.9 Å². The maximum absolute atomic E-state index is 3.47. The average molecular weight is 263 g/mol. The lowest BCUT2D eigenvalue weighted by Crippen LogP contribution is -2.40. The monoisotopic (exact) mass is 262 g/mol. The Hall–Kier alpha value is -0.0600. The Morgan fingerprint density at radius 2 is 2.23 bits per heavy atom. The van der Waals surface area contributed by atoms with E-state index in [4.69, 9.17) is 0 Å². The fraction of sp³-hybridized carbons (Fsp3) is 0.556. The van der Waals surface area contributed by atoms with Crippen LogP contribution in [0.3, 0.4) is 0 Å². The molecule has 2 N–H and O–H groups in total. The smallest absolute Gasteiger partial charge is 0.0898 e. The molecule has 0 radical (unpaired) electrons. The lowest BCUT2D eigenvalue weighted by Gasteiger charge is -2.26. The zero-order valence-electron chi connectivity index (χ0n) is 8.15. The highest BCUT2D eigenvalue weighted by Gasteiger charge is 2.16. The number of rotatable bonds is 4. The Morgan fingerprint density at radius 1 is 1.54 bits per heavy atom. The van der Waals surface area contributed by atoms with Crippen LogP contribution in [0.15, 0.2) is 15.9 Å². The van der Waals surface area contributed by atoms with Crippen molar-refractivity contribution in [3.8, 4) is 0 Å². The summed E-state index contributed by atoms with van der Waals surface area (Å²) in [5, 5.41) is 9.91. The SMILES string of the molecule is CNCC(C)(C)Nc1cc(Br)cs1. The maximum atomic E-state index is 3.47. The van der Waals surface area contributed by atoms with E-state index in [-0.39, 0.29) is 5.54 Å². The number of halogens is 1. The van der Waals surface area contributed by atoms with Gasteiger partial charge in [-0.1, -0.05) is 0 Å². The molecule has 0 unspecified atom stereocenters. The van der Waals surface area contributed by atoms with Gasteiger partial charge in [-0.05, 0) is 42.9 Å². The molecule has 0 aliphatic carbocycles. The van der Waals surface area contributed by atoms with Crippen molar-refractivity contribution in [2.24, 2.45) is 0 Å². The van der Waals surface area contributed by atoms with E-state index in [9.17, 15) is 0 Å². The summed E-state index contributed by atoms with van der Waals surface area (Å²) < 4.78 is 1.14. The fourth-order valence-corrected chi connectivity index (χ4v) is 2.70. The summed E-state index contributed by atoms with van der Waals surface area (Å²) in [5.74, 6) is 0. The fourth-order valence-electron chi connectivity index (χ4n) is 1.20. The Labute approximate surface area is 91.9 Å². The molecule has 0 atom stereocenters. The first-order chi connectivity index (χ1) is 6.03. The number of hydrogen-bond acceptors (Lipinski definition) is 3. The van der Waals surface area contributed by atoms with Gasteiger partial charge in [0.25, 0.3) is 0 Å². The molecule has 4 heteroatoms. The Bertz CT molecular complexity index is 270. The zero-order chi connectivity index (χ0) is 9.90. The van der Waals surface area contributed by atoms with Gasteiger partial charge in [-0.2, -0.15) is 0 Å². The van der Waals surface area contributed by atoms with Crippen LogP contribution in [0, 0.1) is 0 Å². The van der Waals surface area contributed by atoms with Crippen molar-refractivity contribution in [2.75, 3.05) is 18.9 Å². The van der Waals surface area contributed by atoms with Gasteiger partial charge in [0.1, 0.15) is 0 Å². The second-order valence-electron chi connectivity index (χ2n) is 3.67. The van der Waals surface area contributed by atoms with Gasteiger partial charge in [-0.15, -0.1) is 11.3 Å². The molecule has 1 rings (SSSR count).